The molecule has 1 N–H and O–H groups in total. The van der Waals surface area contributed by atoms with E-state index in [4.69, 9.17) is 12.2 Å². The summed E-state index contributed by atoms with van der Waals surface area (Å²) < 4.78 is 3.30. The number of nitrogens with zero attached hydrogens (tertiary/aromatic N) is 3. The molecule has 6 nitrogen and oxygen atoms in total. The fourth-order valence-electron chi connectivity index (χ4n) is 3.19. The minimum Gasteiger partial charge on any atom is -0.350 e. The Kier molecular flexibility index (Phi) is 4.51. The third-order valence-electron chi connectivity index (χ3n) is 4.47. The van der Waals surface area contributed by atoms with Gasteiger partial charge in [0.25, 0.3) is 11.5 Å². The molecule has 1 atom stereocenters. The SMILES string of the molecule is Cc1c(N2C(=O)[C@@H](CC(C)C)NC2=S)c(=O)n(-c2ccccc2)n1C. The minimum atomic E-state index is -0.378. The number of benzene rings is 1. The quantitative estimate of drug-likeness (QED) is 0.851. The number of aromatic nitrogens is 2. The zero-order valence-corrected chi connectivity index (χ0v) is 15.6. The van der Waals surface area contributed by atoms with Gasteiger partial charge in [0.2, 0.25) is 0 Å². The third kappa shape index (κ3) is 2.89. The molecule has 0 aliphatic carbocycles. The molecule has 25 heavy (non-hydrogen) atoms. The van der Waals surface area contributed by atoms with E-state index >= 15 is 0 Å². The van der Waals surface area contributed by atoms with Gasteiger partial charge in [-0.3, -0.25) is 14.3 Å². The van der Waals surface area contributed by atoms with E-state index in [2.05, 4.69) is 19.2 Å². The van der Waals surface area contributed by atoms with Crippen LogP contribution in [0.3, 0.4) is 0 Å². The third-order valence-corrected chi connectivity index (χ3v) is 4.77. The highest BCUT2D eigenvalue weighted by atomic mass is 32.1. The van der Waals surface area contributed by atoms with Gasteiger partial charge in [0, 0.05) is 7.05 Å². The Morgan fingerprint density at radius 2 is 1.84 bits per heavy atom. The van der Waals surface area contributed by atoms with Crippen LogP contribution in [0.2, 0.25) is 0 Å². The molecule has 1 fully saturated rings. The normalized spacial score (nSPS) is 17.5. The van der Waals surface area contributed by atoms with Gasteiger partial charge in [0.1, 0.15) is 11.7 Å². The predicted octanol–water partition coefficient (Wildman–Crippen LogP) is 2.12. The van der Waals surface area contributed by atoms with Crippen LogP contribution in [0.1, 0.15) is 26.0 Å². The van der Waals surface area contributed by atoms with Crippen LogP contribution in [0.25, 0.3) is 5.69 Å². The lowest BCUT2D eigenvalue weighted by Crippen LogP contribution is -2.35. The van der Waals surface area contributed by atoms with E-state index in [0.717, 1.165) is 5.69 Å². The maximum Gasteiger partial charge on any atom is 0.296 e. The Bertz CT molecular complexity index is 882. The van der Waals surface area contributed by atoms with Crippen LogP contribution in [0.4, 0.5) is 5.69 Å². The maximum absolute atomic E-state index is 13.1. The Morgan fingerprint density at radius 1 is 1.20 bits per heavy atom. The van der Waals surface area contributed by atoms with E-state index in [1.54, 1.807) is 16.4 Å². The number of hydrogen-bond acceptors (Lipinski definition) is 3. The van der Waals surface area contributed by atoms with Gasteiger partial charge in [-0.05, 0) is 43.6 Å². The molecule has 7 heteroatoms. The van der Waals surface area contributed by atoms with Gasteiger partial charge in [0.05, 0.1) is 11.4 Å². The Hall–Kier alpha value is -2.41. The van der Waals surface area contributed by atoms with E-state index in [9.17, 15) is 9.59 Å². The summed E-state index contributed by atoms with van der Waals surface area (Å²) >= 11 is 5.35. The number of amides is 1. The summed E-state index contributed by atoms with van der Waals surface area (Å²) in [5.74, 6) is 0.187. The summed E-state index contributed by atoms with van der Waals surface area (Å²) in [7, 11) is 1.80. The standard InChI is InChI=1S/C18H22N4O2S/c1-11(2)10-14-16(23)21(18(25)19-14)15-12(3)20(4)22(17(15)24)13-8-6-5-7-9-13/h5-9,11,14H,10H2,1-4H3,(H,19,25)/t14-/m1/s1. The van der Waals surface area contributed by atoms with Crippen molar-refractivity contribution in [2.75, 3.05) is 4.90 Å². The number of anilines is 1. The second-order valence-electron chi connectivity index (χ2n) is 6.72. The topological polar surface area (TPSA) is 59.3 Å². The lowest BCUT2D eigenvalue weighted by atomic mass is 10.0. The molecule has 1 aliphatic heterocycles. The van der Waals surface area contributed by atoms with E-state index in [1.807, 2.05) is 37.3 Å². The van der Waals surface area contributed by atoms with Gasteiger partial charge >= 0.3 is 0 Å². The van der Waals surface area contributed by atoms with Gasteiger partial charge in [-0.25, -0.2) is 9.58 Å². The van der Waals surface area contributed by atoms with Crippen LogP contribution >= 0.6 is 12.2 Å². The number of thiocarbonyl (C=S) groups is 1. The van der Waals surface area contributed by atoms with E-state index in [0.29, 0.717) is 28.8 Å². The van der Waals surface area contributed by atoms with Crippen molar-refractivity contribution in [1.82, 2.24) is 14.7 Å². The van der Waals surface area contributed by atoms with Crippen LogP contribution in [0, 0.1) is 12.8 Å². The lowest BCUT2D eigenvalue weighted by molar-refractivity contribution is -0.118. The summed E-state index contributed by atoms with van der Waals surface area (Å²) in [6.45, 7) is 5.93. The molecule has 0 spiro atoms. The van der Waals surface area contributed by atoms with Crippen LogP contribution in [0.15, 0.2) is 35.1 Å². The molecular weight excluding hydrogens is 336 g/mol. The molecule has 2 heterocycles. The molecule has 132 valence electrons. The van der Waals surface area contributed by atoms with Crippen LogP contribution in [-0.2, 0) is 11.8 Å². The van der Waals surface area contributed by atoms with Crippen LogP contribution in [0.5, 0.6) is 0 Å². The van der Waals surface area contributed by atoms with Crippen molar-refractivity contribution >= 4 is 28.9 Å². The van der Waals surface area contributed by atoms with Crippen molar-refractivity contribution in [2.24, 2.45) is 13.0 Å². The number of rotatable bonds is 4. The molecule has 0 unspecified atom stereocenters. The van der Waals surface area contributed by atoms with E-state index < -0.39 is 0 Å². The van der Waals surface area contributed by atoms with Crippen molar-refractivity contribution in [3.8, 4) is 5.69 Å². The van der Waals surface area contributed by atoms with Gasteiger partial charge < -0.3 is 5.32 Å². The van der Waals surface area contributed by atoms with E-state index in [-0.39, 0.29) is 17.5 Å². The average Bonchev–Trinajstić information content (AvgIpc) is 2.94. The number of para-hydroxylation sites is 1. The molecule has 2 aromatic rings. The first-order valence-electron chi connectivity index (χ1n) is 8.31. The van der Waals surface area contributed by atoms with Gasteiger partial charge in [-0.1, -0.05) is 32.0 Å². The monoisotopic (exact) mass is 358 g/mol. The second kappa shape index (κ2) is 6.48. The van der Waals surface area contributed by atoms with Crippen LogP contribution < -0.4 is 15.8 Å². The first kappa shape index (κ1) is 17.4. The highest BCUT2D eigenvalue weighted by Gasteiger charge is 2.40. The number of nitrogens with one attached hydrogen (secondary N) is 1. The zero-order chi connectivity index (χ0) is 18.3. The number of carbonyl (C=O) groups is 1. The number of carbonyl (C=O) groups excluding carboxylic acids is 1. The second-order valence-corrected chi connectivity index (χ2v) is 7.10. The van der Waals surface area contributed by atoms with Crippen molar-refractivity contribution in [1.29, 1.82) is 0 Å². The highest BCUT2D eigenvalue weighted by molar-refractivity contribution is 7.80. The largest absolute Gasteiger partial charge is 0.350 e. The Balaban J connectivity index is 2.09. The fourth-order valence-corrected chi connectivity index (χ4v) is 3.51. The molecule has 0 radical (unpaired) electrons. The van der Waals surface area contributed by atoms with Crippen molar-refractivity contribution < 1.29 is 4.79 Å². The molecule has 3 rings (SSSR count). The van der Waals surface area contributed by atoms with Crippen LogP contribution in [-0.4, -0.2) is 26.4 Å². The smallest absolute Gasteiger partial charge is 0.296 e. The summed E-state index contributed by atoms with van der Waals surface area (Å²) in [6.07, 6.45) is 0.675. The molecular formula is C18H22N4O2S. The maximum atomic E-state index is 13.1. The Morgan fingerprint density at radius 3 is 2.44 bits per heavy atom. The highest BCUT2D eigenvalue weighted by Crippen LogP contribution is 2.24. The fraction of sp³-hybridized carbons (Fsp3) is 0.389. The first-order chi connectivity index (χ1) is 11.8. The van der Waals surface area contributed by atoms with Crippen molar-refractivity contribution in [2.45, 2.75) is 33.2 Å². The summed E-state index contributed by atoms with van der Waals surface area (Å²) in [5.41, 5.74) is 1.50. The van der Waals surface area contributed by atoms with Crippen molar-refractivity contribution in [3.05, 3.63) is 46.4 Å². The summed E-state index contributed by atoms with van der Waals surface area (Å²) in [5, 5.41) is 3.35. The molecule has 1 amide bonds. The summed E-state index contributed by atoms with van der Waals surface area (Å²) in [4.78, 5) is 27.3. The minimum absolute atomic E-state index is 0.162. The number of hydrogen-bond donors (Lipinski definition) is 1. The van der Waals surface area contributed by atoms with Gasteiger partial charge in [-0.2, -0.15) is 0 Å². The van der Waals surface area contributed by atoms with Gasteiger partial charge in [-0.15, -0.1) is 0 Å². The molecule has 1 aromatic carbocycles. The molecule has 0 saturated carbocycles. The van der Waals surface area contributed by atoms with E-state index in [1.165, 1.54) is 4.90 Å². The average molecular weight is 358 g/mol. The van der Waals surface area contributed by atoms with Crippen molar-refractivity contribution in [3.63, 3.8) is 0 Å². The lowest BCUT2D eigenvalue weighted by Gasteiger charge is -2.13. The summed E-state index contributed by atoms with van der Waals surface area (Å²) in [6, 6.07) is 8.97. The zero-order valence-electron chi connectivity index (χ0n) is 14.8. The first-order valence-corrected chi connectivity index (χ1v) is 8.72. The predicted molar refractivity (Wildman–Crippen MR) is 102 cm³/mol. The van der Waals surface area contributed by atoms with Gasteiger partial charge in [0.15, 0.2) is 5.11 Å². The molecule has 1 aliphatic rings. The molecule has 1 saturated heterocycles. The molecule has 0 bridgehead atoms. The molecule has 1 aromatic heterocycles. The Labute approximate surface area is 152 Å².